The fraction of sp³-hybridized carbons (Fsp3) is 0.143. The molecule has 0 saturated carbocycles. The van der Waals surface area contributed by atoms with Gasteiger partial charge < -0.3 is 14.8 Å². The summed E-state index contributed by atoms with van der Waals surface area (Å²) in [6.07, 6.45) is 2.87. The predicted molar refractivity (Wildman–Crippen MR) is 121 cm³/mol. The minimum Gasteiger partial charge on any atom is -0.493 e. The molecular formula is C21H22N4O5S. The number of thiocarbonyl (C=S) groups is 1. The van der Waals surface area contributed by atoms with E-state index < -0.39 is 11.8 Å². The Morgan fingerprint density at radius 3 is 2.23 bits per heavy atom. The summed E-state index contributed by atoms with van der Waals surface area (Å²) < 4.78 is 10.4. The molecule has 0 aliphatic carbocycles. The first-order chi connectivity index (χ1) is 14.8. The molecule has 0 aromatic heterocycles. The summed E-state index contributed by atoms with van der Waals surface area (Å²) in [6, 6.07) is 11.5. The lowest BCUT2D eigenvalue weighted by Gasteiger charge is -2.10. The van der Waals surface area contributed by atoms with Crippen LogP contribution in [0.2, 0.25) is 0 Å². The van der Waals surface area contributed by atoms with Crippen molar-refractivity contribution in [3.8, 4) is 11.5 Å². The normalized spacial score (nSPS) is 10.2. The fourth-order valence-corrected chi connectivity index (χ4v) is 2.56. The van der Waals surface area contributed by atoms with Gasteiger partial charge in [0.1, 0.15) is 0 Å². The van der Waals surface area contributed by atoms with E-state index in [1.807, 2.05) is 0 Å². The molecule has 2 aromatic rings. The summed E-state index contributed by atoms with van der Waals surface area (Å²) in [5.74, 6) is -0.0433. The lowest BCUT2D eigenvalue weighted by atomic mass is 10.2. The second-order valence-corrected chi connectivity index (χ2v) is 6.51. The van der Waals surface area contributed by atoms with E-state index in [2.05, 4.69) is 21.5 Å². The van der Waals surface area contributed by atoms with E-state index in [-0.39, 0.29) is 11.0 Å². The van der Waals surface area contributed by atoms with Gasteiger partial charge in [0.2, 0.25) is 11.8 Å². The standard InChI is InChI=1S/C21H22N4O5S/c1-13(26)22-16-8-6-15(7-9-16)20(28)24-25-21(31)23-19(27)11-5-14-4-10-17(29-2)18(12-14)30-3/h4-12H,1-3H3,(H,22,26)(H,24,28)(H2,23,25,27,31)/b11-5+. The number of ether oxygens (including phenoxy) is 2. The summed E-state index contributed by atoms with van der Waals surface area (Å²) in [6.45, 7) is 1.39. The van der Waals surface area contributed by atoms with Gasteiger partial charge in [-0.1, -0.05) is 6.07 Å². The van der Waals surface area contributed by atoms with Crippen LogP contribution >= 0.6 is 12.2 Å². The van der Waals surface area contributed by atoms with Crippen LogP contribution < -0.4 is 31.0 Å². The van der Waals surface area contributed by atoms with Gasteiger partial charge in [0.25, 0.3) is 5.91 Å². The van der Waals surface area contributed by atoms with Gasteiger partial charge in [0.15, 0.2) is 16.6 Å². The first kappa shape index (κ1) is 23.4. The van der Waals surface area contributed by atoms with Crippen LogP contribution in [0.5, 0.6) is 11.5 Å². The molecule has 31 heavy (non-hydrogen) atoms. The van der Waals surface area contributed by atoms with Crippen molar-refractivity contribution in [1.29, 1.82) is 0 Å². The summed E-state index contributed by atoms with van der Waals surface area (Å²) in [4.78, 5) is 35.2. The molecule has 0 spiro atoms. The Hall–Kier alpha value is -3.92. The number of methoxy groups -OCH3 is 2. The van der Waals surface area contributed by atoms with Crippen molar-refractivity contribution in [1.82, 2.24) is 16.2 Å². The van der Waals surface area contributed by atoms with E-state index >= 15 is 0 Å². The molecule has 10 heteroatoms. The van der Waals surface area contributed by atoms with Gasteiger partial charge in [-0.25, -0.2) is 0 Å². The Balaban J connectivity index is 1.84. The Kier molecular flexibility index (Phi) is 8.52. The molecule has 0 bridgehead atoms. The van der Waals surface area contributed by atoms with Crippen molar-refractivity contribution in [2.24, 2.45) is 0 Å². The quantitative estimate of drug-likeness (QED) is 0.307. The highest BCUT2D eigenvalue weighted by molar-refractivity contribution is 7.80. The number of hydrazine groups is 1. The number of carbonyl (C=O) groups excluding carboxylic acids is 3. The molecule has 0 radical (unpaired) electrons. The average molecular weight is 442 g/mol. The summed E-state index contributed by atoms with van der Waals surface area (Å²) in [7, 11) is 3.06. The molecule has 2 aromatic carbocycles. The van der Waals surface area contributed by atoms with Gasteiger partial charge in [0.05, 0.1) is 14.2 Å². The fourth-order valence-electron chi connectivity index (χ4n) is 2.41. The molecule has 0 unspecified atom stereocenters. The molecule has 2 rings (SSSR count). The van der Waals surface area contributed by atoms with Crippen LogP contribution in [0.4, 0.5) is 5.69 Å². The van der Waals surface area contributed by atoms with E-state index in [4.69, 9.17) is 21.7 Å². The van der Waals surface area contributed by atoms with Crippen LogP contribution in [0.3, 0.4) is 0 Å². The second-order valence-electron chi connectivity index (χ2n) is 6.10. The van der Waals surface area contributed by atoms with Gasteiger partial charge in [0, 0.05) is 24.3 Å². The third-order valence-corrected chi connectivity index (χ3v) is 4.03. The number of anilines is 1. The average Bonchev–Trinajstić information content (AvgIpc) is 2.75. The van der Waals surface area contributed by atoms with Crippen LogP contribution in [0.15, 0.2) is 48.5 Å². The molecule has 0 fully saturated rings. The monoisotopic (exact) mass is 442 g/mol. The highest BCUT2D eigenvalue weighted by Gasteiger charge is 2.08. The van der Waals surface area contributed by atoms with Crippen LogP contribution in [-0.2, 0) is 9.59 Å². The minimum absolute atomic E-state index is 0.0785. The van der Waals surface area contributed by atoms with Gasteiger partial charge in [-0.3, -0.25) is 30.6 Å². The Morgan fingerprint density at radius 1 is 0.935 bits per heavy atom. The van der Waals surface area contributed by atoms with E-state index in [9.17, 15) is 14.4 Å². The van der Waals surface area contributed by atoms with E-state index in [0.717, 1.165) is 5.56 Å². The van der Waals surface area contributed by atoms with E-state index in [1.165, 1.54) is 39.4 Å². The molecule has 162 valence electrons. The van der Waals surface area contributed by atoms with E-state index in [0.29, 0.717) is 22.7 Å². The van der Waals surface area contributed by atoms with Crippen molar-refractivity contribution >= 4 is 46.8 Å². The molecule has 3 amide bonds. The largest absolute Gasteiger partial charge is 0.493 e. The Bertz CT molecular complexity index is 1010. The second kappa shape index (κ2) is 11.3. The maximum Gasteiger partial charge on any atom is 0.269 e. The number of carbonyl (C=O) groups is 3. The predicted octanol–water partition coefficient (Wildman–Crippen LogP) is 2.01. The first-order valence-electron chi connectivity index (χ1n) is 9.01. The molecular weight excluding hydrogens is 420 g/mol. The number of benzene rings is 2. The van der Waals surface area contributed by atoms with Crippen molar-refractivity contribution in [3.63, 3.8) is 0 Å². The topological polar surface area (TPSA) is 118 Å². The van der Waals surface area contributed by atoms with Crippen LogP contribution in [0.1, 0.15) is 22.8 Å². The third kappa shape index (κ3) is 7.44. The number of rotatable bonds is 6. The van der Waals surface area contributed by atoms with Gasteiger partial charge in [-0.2, -0.15) is 0 Å². The Labute approximate surface area is 184 Å². The van der Waals surface area contributed by atoms with Gasteiger partial charge in [-0.15, -0.1) is 0 Å². The summed E-state index contributed by atoms with van der Waals surface area (Å²) in [5, 5.41) is 4.94. The highest BCUT2D eigenvalue weighted by atomic mass is 32.1. The van der Waals surface area contributed by atoms with Gasteiger partial charge in [-0.05, 0) is 60.3 Å². The Morgan fingerprint density at radius 2 is 1.61 bits per heavy atom. The first-order valence-corrected chi connectivity index (χ1v) is 9.42. The smallest absolute Gasteiger partial charge is 0.269 e. The maximum absolute atomic E-state index is 12.1. The van der Waals surface area contributed by atoms with Gasteiger partial charge >= 0.3 is 0 Å². The number of nitrogens with one attached hydrogen (secondary N) is 4. The van der Waals surface area contributed by atoms with Crippen molar-refractivity contribution in [2.45, 2.75) is 6.92 Å². The molecule has 0 heterocycles. The highest BCUT2D eigenvalue weighted by Crippen LogP contribution is 2.27. The molecule has 0 atom stereocenters. The number of hydrogen-bond acceptors (Lipinski definition) is 6. The number of hydrogen-bond donors (Lipinski definition) is 4. The summed E-state index contributed by atoms with van der Waals surface area (Å²) >= 11 is 4.99. The lowest BCUT2D eigenvalue weighted by Crippen LogP contribution is -2.48. The molecule has 0 aliphatic heterocycles. The molecule has 9 nitrogen and oxygen atoms in total. The maximum atomic E-state index is 12.1. The van der Waals surface area contributed by atoms with E-state index in [1.54, 1.807) is 36.4 Å². The molecule has 0 aliphatic rings. The zero-order chi connectivity index (χ0) is 22.8. The van der Waals surface area contributed by atoms with Crippen LogP contribution in [0.25, 0.3) is 6.08 Å². The summed E-state index contributed by atoms with van der Waals surface area (Å²) in [5.41, 5.74) is 6.46. The zero-order valence-corrected chi connectivity index (χ0v) is 18.0. The SMILES string of the molecule is COc1ccc(/C=C/C(=O)NC(=S)NNC(=O)c2ccc(NC(C)=O)cc2)cc1OC. The van der Waals surface area contributed by atoms with Crippen LogP contribution in [0, 0.1) is 0 Å². The van der Waals surface area contributed by atoms with Crippen LogP contribution in [-0.4, -0.2) is 37.1 Å². The molecule has 4 N–H and O–H groups in total. The minimum atomic E-state index is -0.485. The molecule has 0 saturated heterocycles. The zero-order valence-electron chi connectivity index (χ0n) is 17.1. The van der Waals surface area contributed by atoms with Crippen molar-refractivity contribution < 1.29 is 23.9 Å². The lowest BCUT2D eigenvalue weighted by molar-refractivity contribution is -0.115. The van der Waals surface area contributed by atoms with Crippen molar-refractivity contribution in [3.05, 3.63) is 59.7 Å². The van der Waals surface area contributed by atoms with Crippen molar-refractivity contribution in [2.75, 3.05) is 19.5 Å². The third-order valence-electron chi connectivity index (χ3n) is 3.83. The number of amides is 3.